The number of hydrogen-bond acceptors (Lipinski definition) is 3. The Labute approximate surface area is 128 Å². The van der Waals surface area contributed by atoms with Crippen LogP contribution in [0.4, 0.5) is 13.2 Å². The molecule has 0 aliphatic heterocycles. The zero-order valence-electron chi connectivity index (χ0n) is 12.9. The molecule has 0 amide bonds. The predicted molar refractivity (Wildman–Crippen MR) is 79.0 cm³/mol. The molecule has 0 atom stereocenters. The van der Waals surface area contributed by atoms with Crippen LogP contribution in [0.15, 0.2) is 23.3 Å². The Morgan fingerprint density at radius 1 is 1.36 bits per heavy atom. The van der Waals surface area contributed by atoms with Crippen LogP contribution in [0.25, 0.3) is 0 Å². The normalized spacial score (nSPS) is 12.4. The molecule has 1 aromatic heterocycles. The molecule has 0 saturated heterocycles. The lowest BCUT2D eigenvalue weighted by Crippen LogP contribution is -2.41. The Morgan fingerprint density at radius 2 is 2.09 bits per heavy atom. The molecule has 1 heterocycles. The molecule has 0 aliphatic rings. The van der Waals surface area contributed by atoms with Gasteiger partial charge in [-0.05, 0) is 26.8 Å². The molecule has 0 aromatic carbocycles. The van der Waals surface area contributed by atoms with Gasteiger partial charge in [0, 0.05) is 24.8 Å². The largest absolute Gasteiger partial charge is 0.476 e. The van der Waals surface area contributed by atoms with Gasteiger partial charge in [-0.2, -0.15) is 13.2 Å². The van der Waals surface area contributed by atoms with E-state index in [0.717, 1.165) is 18.8 Å². The van der Waals surface area contributed by atoms with E-state index in [1.807, 2.05) is 20.8 Å². The highest BCUT2D eigenvalue weighted by Gasteiger charge is 2.30. The van der Waals surface area contributed by atoms with Gasteiger partial charge in [0.1, 0.15) is 6.61 Å². The number of aromatic nitrogens is 1. The van der Waals surface area contributed by atoms with Crippen molar-refractivity contribution in [2.75, 3.05) is 19.7 Å². The minimum absolute atomic E-state index is 0.144. The predicted octanol–water partition coefficient (Wildman–Crippen LogP) is 2.44. The molecule has 1 rings (SSSR count). The highest BCUT2D eigenvalue weighted by atomic mass is 19.4. The first-order valence-electron chi connectivity index (χ1n) is 7.03. The molecule has 0 saturated carbocycles. The molecule has 8 heteroatoms. The lowest BCUT2D eigenvalue weighted by molar-refractivity contribution is -0.137. The highest BCUT2D eigenvalue weighted by molar-refractivity contribution is 5.79. The Bertz CT molecular complexity index is 472. The molecule has 0 aliphatic carbocycles. The molecular weight excluding hydrogens is 297 g/mol. The molecule has 22 heavy (non-hydrogen) atoms. The number of rotatable bonds is 6. The van der Waals surface area contributed by atoms with E-state index >= 15 is 0 Å². The number of pyridine rings is 1. The lowest BCUT2D eigenvalue weighted by atomic mass is 10.3. The van der Waals surface area contributed by atoms with Crippen LogP contribution in [-0.2, 0) is 6.18 Å². The summed E-state index contributed by atoms with van der Waals surface area (Å²) >= 11 is 0. The van der Waals surface area contributed by atoms with Crippen LogP contribution >= 0.6 is 0 Å². The van der Waals surface area contributed by atoms with Crippen LogP contribution in [0.3, 0.4) is 0 Å². The number of guanidine groups is 1. The van der Waals surface area contributed by atoms with Gasteiger partial charge in [-0.1, -0.05) is 0 Å². The molecular formula is C14H21F3N4O. The van der Waals surface area contributed by atoms with Crippen LogP contribution in [-0.4, -0.2) is 36.7 Å². The third-order valence-corrected chi connectivity index (χ3v) is 2.44. The smallest absolute Gasteiger partial charge is 0.417 e. The maximum absolute atomic E-state index is 12.4. The summed E-state index contributed by atoms with van der Waals surface area (Å²) in [5.41, 5.74) is -0.798. The number of ether oxygens (including phenoxy) is 1. The maximum atomic E-state index is 12.4. The molecule has 124 valence electrons. The van der Waals surface area contributed by atoms with Crippen molar-refractivity contribution < 1.29 is 17.9 Å². The minimum Gasteiger partial charge on any atom is -0.476 e. The summed E-state index contributed by atoms with van der Waals surface area (Å²) in [5, 5.41) is 6.23. The van der Waals surface area contributed by atoms with Gasteiger partial charge in [0.25, 0.3) is 0 Å². The van der Waals surface area contributed by atoms with Gasteiger partial charge < -0.3 is 15.4 Å². The van der Waals surface area contributed by atoms with Crippen molar-refractivity contribution in [1.82, 2.24) is 15.6 Å². The molecule has 0 fully saturated rings. The van der Waals surface area contributed by atoms with E-state index in [2.05, 4.69) is 20.6 Å². The minimum atomic E-state index is -4.39. The average molecular weight is 318 g/mol. The van der Waals surface area contributed by atoms with E-state index in [0.29, 0.717) is 12.5 Å². The second kappa shape index (κ2) is 8.45. The summed E-state index contributed by atoms with van der Waals surface area (Å²) < 4.78 is 42.4. The summed E-state index contributed by atoms with van der Waals surface area (Å²) in [6, 6.07) is 2.38. The molecule has 5 nitrogen and oxygen atoms in total. The first kappa shape index (κ1) is 18.1. The van der Waals surface area contributed by atoms with E-state index < -0.39 is 11.7 Å². The van der Waals surface area contributed by atoms with Gasteiger partial charge in [-0.3, -0.25) is 0 Å². The fraction of sp³-hybridized carbons (Fsp3) is 0.571. The molecule has 0 unspecified atom stereocenters. The number of halogens is 3. The third-order valence-electron chi connectivity index (χ3n) is 2.44. The topological polar surface area (TPSA) is 58.5 Å². The molecule has 0 radical (unpaired) electrons. The molecule has 2 N–H and O–H groups in total. The van der Waals surface area contributed by atoms with Crippen LogP contribution in [0.5, 0.6) is 5.88 Å². The van der Waals surface area contributed by atoms with Gasteiger partial charge in [0.05, 0.1) is 12.1 Å². The summed E-state index contributed by atoms with van der Waals surface area (Å²) in [4.78, 5) is 7.91. The van der Waals surface area contributed by atoms with Crippen molar-refractivity contribution in [1.29, 1.82) is 0 Å². The van der Waals surface area contributed by atoms with E-state index in [1.165, 1.54) is 6.07 Å². The van der Waals surface area contributed by atoms with Crippen molar-refractivity contribution in [3.63, 3.8) is 0 Å². The van der Waals surface area contributed by atoms with E-state index in [9.17, 15) is 13.2 Å². The Kier molecular flexibility index (Phi) is 6.94. The quantitative estimate of drug-likeness (QED) is 0.480. The third kappa shape index (κ3) is 6.64. The first-order valence-corrected chi connectivity index (χ1v) is 7.03. The van der Waals surface area contributed by atoms with Gasteiger partial charge in [0.2, 0.25) is 5.88 Å². The Balaban J connectivity index is 2.46. The molecule has 0 spiro atoms. The second-order valence-corrected chi connectivity index (χ2v) is 4.79. The monoisotopic (exact) mass is 318 g/mol. The Morgan fingerprint density at radius 3 is 2.59 bits per heavy atom. The SMILES string of the molecule is CCNC(=NCCOc1ccc(C(F)(F)F)cn1)NC(C)C. The number of alkyl halides is 3. The molecule has 1 aromatic rings. The average Bonchev–Trinajstić information content (AvgIpc) is 2.42. The van der Waals surface area contributed by atoms with Crippen molar-refractivity contribution >= 4 is 5.96 Å². The molecule has 0 bridgehead atoms. The van der Waals surface area contributed by atoms with E-state index in [4.69, 9.17) is 4.74 Å². The van der Waals surface area contributed by atoms with Gasteiger partial charge in [-0.25, -0.2) is 9.98 Å². The van der Waals surface area contributed by atoms with Gasteiger partial charge in [0.15, 0.2) is 5.96 Å². The lowest BCUT2D eigenvalue weighted by Gasteiger charge is -2.14. The van der Waals surface area contributed by atoms with E-state index in [1.54, 1.807) is 0 Å². The van der Waals surface area contributed by atoms with Crippen molar-refractivity contribution in [2.24, 2.45) is 4.99 Å². The van der Waals surface area contributed by atoms with Crippen LogP contribution in [0.1, 0.15) is 26.3 Å². The fourth-order valence-electron chi connectivity index (χ4n) is 1.53. The van der Waals surface area contributed by atoms with Gasteiger partial charge in [-0.15, -0.1) is 0 Å². The number of nitrogens with one attached hydrogen (secondary N) is 2. The van der Waals surface area contributed by atoms with E-state index in [-0.39, 0.29) is 18.5 Å². The Hall–Kier alpha value is -1.99. The summed E-state index contributed by atoms with van der Waals surface area (Å²) in [6.45, 7) is 7.28. The van der Waals surface area contributed by atoms with Crippen LogP contribution in [0.2, 0.25) is 0 Å². The number of aliphatic imine (C=N–C) groups is 1. The van der Waals surface area contributed by atoms with Crippen molar-refractivity contribution in [2.45, 2.75) is 33.0 Å². The summed E-state index contributed by atoms with van der Waals surface area (Å²) in [7, 11) is 0. The zero-order chi connectivity index (χ0) is 16.6. The fourth-order valence-corrected chi connectivity index (χ4v) is 1.53. The maximum Gasteiger partial charge on any atom is 0.417 e. The van der Waals surface area contributed by atoms with Gasteiger partial charge >= 0.3 is 6.18 Å². The second-order valence-electron chi connectivity index (χ2n) is 4.79. The summed E-state index contributed by atoms with van der Waals surface area (Å²) in [5.74, 6) is 0.812. The van der Waals surface area contributed by atoms with Crippen LogP contribution < -0.4 is 15.4 Å². The number of nitrogens with zero attached hydrogens (tertiary/aromatic N) is 2. The highest BCUT2D eigenvalue weighted by Crippen LogP contribution is 2.29. The van der Waals surface area contributed by atoms with Crippen LogP contribution in [0, 0.1) is 0 Å². The standard InChI is InChI=1S/C14H21F3N4O/c1-4-18-13(21-10(2)3)19-7-8-22-12-6-5-11(9-20-12)14(15,16)17/h5-6,9-10H,4,7-8H2,1-3H3,(H2,18,19,21). The van der Waals surface area contributed by atoms with Crippen molar-refractivity contribution in [3.8, 4) is 5.88 Å². The summed E-state index contributed by atoms with van der Waals surface area (Å²) in [6.07, 6.45) is -3.64. The first-order chi connectivity index (χ1) is 10.3. The van der Waals surface area contributed by atoms with Crippen molar-refractivity contribution in [3.05, 3.63) is 23.9 Å². The number of hydrogen-bond donors (Lipinski definition) is 2. The zero-order valence-corrected chi connectivity index (χ0v) is 12.9.